The van der Waals surface area contributed by atoms with Gasteiger partial charge in [-0.15, -0.1) is 0 Å². The van der Waals surface area contributed by atoms with Crippen molar-refractivity contribution < 1.29 is 14.3 Å². The zero-order chi connectivity index (χ0) is 26.6. The van der Waals surface area contributed by atoms with Gasteiger partial charge in [-0.25, -0.2) is 0 Å². The fraction of sp³-hybridized carbons (Fsp3) is 0.344. The molecule has 0 atom stereocenters. The molecule has 4 aliphatic carbocycles. The van der Waals surface area contributed by atoms with Crippen LogP contribution in [-0.4, -0.2) is 21.1 Å². The molecule has 7 heteroatoms. The number of carbonyl (C=O) groups excluding carboxylic acids is 2. The van der Waals surface area contributed by atoms with Crippen molar-refractivity contribution in [2.45, 2.75) is 45.1 Å². The standard InChI is InChI=1S/C32H30N2O3S2/c35-29-28(39-31(38)34(29)33-30(36)32-16-21-12-22(17-32)14-23(13-21)18-32)15-26-25-9-5-4-8-24(25)10-11-27(26)37-19-20-6-2-1-3-7-20/h1-11,15,21-23H,12-14,16-19H2,(H,33,36)/b28-15+. The van der Waals surface area contributed by atoms with E-state index in [4.69, 9.17) is 17.0 Å². The molecule has 198 valence electrons. The molecular formula is C32H30N2O3S2. The number of ether oxygens (including phenoxy) is 1. The summed E-state index contributed by atoms with van der Waals surface area (Å²) in [6.07, 6.45) is 8.45. The average Bonchev–Trinajstić information content (AvgIpc) is 3.19. The molecule has 39 heavy (non-hydrogen) atoms. The Morgan fingerprint density at radius 1 is 0.974 bits per heavy atom. The number of amides is 2. The average molecular weight is 555 g/mol. The second-order valence-electron chi connectivity index (χ2n) is 11.6. The normalized spacial score (nSPS) is 28.5. The summed E-state index contributed by atoms with van der Waals surface area (Å²) in [5.74, 6) is 2.32. The van der Waals surface area contributed by atoms with Gasteiger partial charge in [0.25, 0.3) is 5.91 Å². The van der Waals surface area contributed by atoms with E-state index in [0.29, 0.717) is 39.3 Å². The number of hydrogen-bond donors (Lipinski definition) is 1. The topological polar surface area (TPSA) is 58.6 Å². The first-order valence-corrected chi connectivity index (χ1v) is 15.0. The first-order valence-electron chi connectivity index (χ1n) is 13.7. The minimum absolute atomic E-state index is 0.0313. The first kappa shape index (κ1) is 24.9. The molecule has 0 spiro atoms. The fourth-order valence-electron chi connectivity index (χ4n) is 7.59. The largest absolute Gasteiger partial charge is 0.488 e. The molecule has 5 aliphatic rings. The number of rotatable bonds is 6. The van der Waals surface area contributed by atoms with Crippen LogP contribution in [0, 0.1) is 23.2 Å². The quantitative estimate of drug-likeness (QED) is 0.266. The van der Waals surface area contributed by atoms with Crippen molar-refractivity contribution in [3.8, 4) is 5.75 Å². The minimum atomic E-state index is -0.351. The van der Waals surface area contributed by atoms with Crippen molar-refractivity contribution in [1.29, 1.82) is 0 Å². The molecule has 8 rings (SSSR count). The van der Waals surface area contributed by atoms with E-state index in [0.717, 1.165) is 41.2 Å². The van der Waals surface area contributed by atoms with Crippen LogP contribution in [0.4, 0.5) is 0 Å². The lowest BCUT2D eigenvalue weighted by Gasteiger charge is -2.55. The number of carbonyl (C=O) groups is 2. The van der Waals surface area contributed by atoms with Gasteiger partial charge in [0.15, 0.2) is 4.32 Å². The zero-order valence-electron chi connectivity index (χ0n) is 21.6. The molecule has 5 nitrogen and oxygen atoms in total. The predicted octanol–water partition coefficient (Wildman–Crippen LogP) is 6.87. The molecule has 3 aromatic rings. The van der Waals surface area contributed by atoms with Crippen LogP contribution in [-0.2, 0) is 16.2 Å². The molecule has 1 saturated heterocycles. The number of hydrazine groups is 1. The molecule has 2 amide bonds. The zero-order valence-corrected chi connectivity index (χ0v) is 23.2. The Morgan fingerprint density at radius 3 is 2.36 bits per heavy atom. The van der Waals surface area contributed by atoms with Crippen molar-refractivity contribution >= 4 is 57.0 Å². The van der Waals surface area contributed by atoms with Gasteiger partial charge < -0.3 is 4.74 Å². The Hall–Kier alpha value is -3.16. The van der Waals surface area contributed by atoms with Crippen LogP contribution in [0.15, 0.2) is 71.6 Å². The monoisotopic (exact) mass is 554 g/mol. The fourth-order valence-corrected chi connectivity index (χ4v) is 8.75. The molecular weight excluding hydrogens is 524 g/mol. The van der Waals surface area contributed by atoms with Crippen molar-refractivity contribution in [3.05, 3.63) is 82.8 Å². The smallest absolute Gasteiger partial charge is 0.285 e. The van der Waals surface area contributed by atoms with Crippen molar-refractivity contribution in [2.24, 2.45) is 23.2 Å². The second-order valence-corrected chi connectivity index (χ2v) is 13.3. The van der Waals surface area contributed by atoms with Crippen molar-refractivity contribution in [2.75, 3.05) is 0 Å². The highest BCUT2D eigenvalue weighted by molar-refractivity contribution is 8.26. The summed E-state index contributed by atoms with van der Waals surface area (Å²) < 4.78 is 6.61. The summed E-state index contributed by atoms with van der Waals surface area (Å²) in [5, 5.41) is 3.34. The van der Waals surface area contributed by atoms with Gasteiger partial charge in [0, 0.05) is 5.56 Å². The van der Waals surface area contributed by atoms with E-state index in [2.05, 4.69) is 5.43 Å². The van der Waals surface area contributed by atoms with E-state index < -0.39 is 0 Å². The lowest BCUT2D eigenvalue weighted by atomic mass is 9.49. The van der Waals surface area contributed by atoms with Gasteiger partial charge >= 0.3 is 0 Å². The van der Waals surface area contributed by atoms with E-state index in [1.165, 1.54) is 36.0 Å². The van der Waals surface area contributed by atoms with Crippen LogP contribution in [0.2, 0.25) is 0 Å². The maximum Gasteiger partial charge on any atom is 0.285 e. The molecule has 4 saturated carbocycles. The number of thioether (sulfide) groups is 1. The summed E-state index contributed by atoms with van der Waals surface area (Å²) >= 11 is 6.82. The van der Waals surface area contributed by atoms with Crippen LogP contribution in [0.25, 0.3) is 16.8 Å². The van der Waals surface area contributed by atoms with Crippen LogP contribution >= 0.6 is 24.0 Å². The third-order valence-corrected chi connectivity index (χ3v) is 10.3. The van der Waals surface area contributed by atoms with Crippen LogP contribution in [0.1, 0.15) is 49.7 Å². The summed E-state index contributed by atoms with van der Waals surface area (Å²) in [6.45, 7) is 0.419. The number of thiocarbonyl (C=S) groups is 1. The second kappa shape index (κ2) is 9.79. The molecule has 5 fully saturated rings. The van der Waals surface area contributed by atoms with E-state index in [9.17, 15) is 9.59 Å². The highest BCUT2D eigenvalue weighted by Crippen LogP contribution is 2.60. The van der Waals surface area contributed by atoms with E-state index in [1.807, 2.05) is 72.8 Å². The van der Waals surface area contributed by atoms with Crippen molar-refractivity contribution in [3.63, 3.8) is 0 Å². The van der Waals surface area contributed by atoms with Gasteiger partial charge in [-0.1, -0.05) is 72.4 Å². The Morgan fingerprint density at radius 2 is 1.64 bits per heavy atom. The summed E-state index contributed by atoms with van der Waals surface area (Å²) in [6, 6.07) is 22.1. The molecule has 0 unspecified atom stereocenters. The van der Waals surface area contributed by atoms with Crippen LogP contribution < -0.4 is 10.2 Å². The van der Waals surface area contributed by atoms with Gasteiger partial charge in [0.1, 0.15) is 12.4 Å². The van der Waals surface area contributed by atoms with Gasteiger partial charge in [0.05, 0.1) is 10.3 Å². The molecule has 3 aromatic carbocycles. The lowest BCUT2D eigenvalue weighted by molar-refractivity contribution is -0.152. The molecule has 1 heterocycles. The maximum absolute atomic E-state index is 13.6. The Balaban J connectivity index is 1.16. The third kappa shape index (κ3) is 4.55. The predicted molar refractivity (Wildman–Crippen MR) is 158 cm³/mol. The number of benzene rings is 3. The number of nitrogens with zero attached hydrogens (tertiary/aromatic N) is 1. The molecule has 1 N–H and O–H groups in total. The summed E-state index contributed by atoms with van der Waals surface area (Å²) in [7, 11) is 0. The Bertz CT molecular complexity index is 1480. The minimum Gasteiger partial charge on any atom is -0.488 e. The molecule has 4 bridgehead atoms. The highest BCUT2D eigenvalue weighted by atomic mass is 32.2. The van der Waals surface area contributed by atoms with E-state index >= 15 is 0 Å². The first-order chi connectivity index (χ1) is 19.0. The Kier molecular flexibility index (Phi) is 6.24. The SMILES string of the molecule is O=C1/C(=C\c2c(OCc3ccccc3)ccc3ccccc23)SC(=S)N1NC(=O)C12CC3CC(CC(C3)C1)C2. The molecule has 1 aliphatic heterocycles. The third-order valence-electron chi connectivity index (χ3n) is 8.97. The number of nitrogens with one attached hydrogen (secondary N) is 1. The number of fused-ring (bicyclic) bond motifs is 1. The van der Waals surface area contributed by atoms with Gasteiger partial charge in [-0.2, -0.15) is 5.01 Å². The molecule has 0 radical (unpaired) electrons. The van der Waals surface area contributed by atoms with Gasteiger partial charge in [0.2, 0.25) is 5.91 Å². The van der Waals surface area contributed by atoms with E-state index in [-0.39, 0.29) is 17.2 Å². The van der Waals surface area contributed by atoms with Gasteiger partial charge in [-0.3, -0.25) is 15.0 Å². The number of hydrogen-bond acceptors (Lipinski definition) is 5. The lowest BCUT2D eigenvalue weighted by Crippen LogP contribution is -2.57. The van der Waals surface area contributed by atoms with Crippen molar-refractivity contribution in [1.82, 2.24) is 10.4 Å². The molecule has 0 aromatic heterocycles. The maximum atomic E-state index is 13.6. The van der Waals surface area contributed by atoms with E-state index in [1.54, 1.807) is 0 Å². The van der Waals surface area contributed by atoms with Crippen LogP contribution in [0.3, 0.4) is 0 Å². The van der Waals surface area contributed by atoms with Gasteiger partial charge in [-0.05, 0) is 97.0 Å². The summed E-state index contributed by atoms with van der Waals surface area (Å²) in [5.41, 5.74) is 4.50. The highest BCUT2D eigenvalue weighted by Gasteiger charge is 2.55. The summed E-state index contributed by atoms with van der Waals surface area (Å²) in [4.78, 5) is 27.7. The Labute approximate surface area is 237 Å². The van der Waals surface area contributed by atoms with Crippen LogP contribution in [0.5, 0.6) is 5.75 Å².